The number of hydrogen-bond donors (Lipinski definition) is 2. The lowest BCUT2D eigenvalue weighted by molar-refractivity contribution is -0.138. The molecule has 0 fully saturated rings. The molecule has 0 atom stereocenters. The standard InChI is InChI=1S/C26H22F6N2O2/c1-3-15-8-19(25(27,28)29)10-17(23(15)35)13-33-21-6-5-7-22(12-21)34-14-18-11-20(26(30,31)32)9-16(4-2)24(18)36/h5-14,35-36H,3-4H2,1-2H3. The van der Waals surface area contributed by atoms with Gasteiger partial charge in [-0.05, 0) is 66.4 Å². The zero-order chi connectivity index (χ0) is 26.7. The first-order chi connectivity index (χ1) is 16.8. The Balaban J connectivity index is 1.93. The van der Waals surface area contributed by atoms with Crippen LogP contribution in [0.4, 0.5) is 37.7 Å². The first-order valence-electron chi connectivity index (χ1n) is 10.9. The molecule has 3 rings (SSSR count). The van der Waals surface area contributed by atoms with Crippen molar-refractivity contribution in [2.45, 2.75) is 39.0 Å². The van der Waals surface area contributed by atoms with Gasteiger partial charge in [0.15, 0.2) is 0 Å². The Morgan fingerprint density at radius 3 is 1.39 bits per heavy atom. The van der Waals surface area contributed by atoms with Crippen LogP contribution in [0.2, 0.25) is 0 Å². The molecule has 10 heteroatoms. The maximum Gasteiger partial charge on any atom is 0.416 e. The van der Waals surface area contributed by atoms with Crippen LogP contribution >= 0.6 is 0 Å². The van der Waals surface area contributed by atoms with Crippen molar-refractivity contribution in [3.8, 4) is 11.5 Å². The molecule has 0 aliphatic heterocycles. The summed E-state index contributed by atoms with van der Waals surface area (Å²) in [6, 6.07) is 9.43. The van der Waals surface area contributed by atoms with E-state index in [1.165, 1.54) is 18.2 Å². The maximum absolute atomic E-state index is 13.2. The van der Waals surface area contributed by atoms with E-state index in [2.05, 4.69) is 9.98 Å². The number of halogens is 6. The zero-order valence-electron chi connectivity index (χ0n) is 19.2. The van der Waals surface area contributed by atoms with Crippen LogP contribution in [-0.4, -0.2) is 22.6 Å². The molecule has 2 N–H and O–H groups in total. The van der Waals surface area contributed by atoms with E-state index >= 15 is 0 Å². The molecule has 0 heterocycles. The van der Waals surface area contributed by atoms with Gasteiger partial charge in [0.2, 0.25) is 0 Å². The quantitative estimate of drug-likeness (QED) is 0.264. The van der Waals surface area contributed by atoms with Gasteiger partial charge >= 0.3 is 12.4 Å². The second-order valence-electron chi connectivity index (χ2n) is 7.89. The first kappa shape index (κ1) is 26.8. The van der Waals surface area contributed by atoms with Crippen molar-refractivity contribution in [1.82, 2.24) is 0 Å². The molecule has 0 saturated carbocycles. The van der Waals surface area contributed by atoms with Crippen LogP contribution in [0.15, 0.2) is 58.5 Å². The van der Waals surface area contributed by atoms with Crippen LogP contribution in [0, 0.1) is 0 Å². The summed E-state index contributed by atoms with van der Waals surface area (Å²) in [6.07, 6.45) is -6.63. The highest BCUT2D eigenvalue weighted by Crippen LogP contribution is 2.36. The maximum atomic E-state index is 13.2. The van der Waals surface area contributed by atoms with Crippen molar-refractivity contribution in [2.24, 2.45) is 9.98 Å². The van der Waals surface area contributed by atoms with E-state index in [0.29, 0.717) is 0 Å². The van der Waals surface area contributed by atoms with Gasteiger partial charge in [-0.2, -0.15) is 26.3 Å². The number of rotatable bonds is 6. The molecular formula is C26H22F6N2O2. The fourth-order valence-electron chi connectivity index (χ4n) is 3.44. The summed E-state index contributed by atoms with van der Waals surface area (Å²) < 4.78 is 79.2. The lowest BCUT2D eigenvalue weighted by atomic mass is 10.0. The molecule has 0 bridgehead atoms. The van der Waals surface area contributed by atoms with Gasteiger partial charge in [-0.15, -0.1) is 0 Å². The molecule has 3 aromatic carbocycles. The molecule has 3 aromatic rings. The van der Waals surface area contributed by atoms with Crippen molar-refractivity contribution in [2.75, 3.05) is 0 Å². The van der Waals surface area contributed by atoms with Gasteiger partial charge in [0, 0.05) is 23.6 Å². The Kier molecular flexibility index (Phi) is 7.76. The predicted molar refractivity (Wildman–Crippen MR) is 126 cm³/mol. The largest absolute Gasteiger partial charge is 0.507 e. The van der Waals surface area contributed by atoms with E-state index in [1.54, 1.807) is 19.9 Å². The molecule has 0 aliphatic rings. The summed E-state index contributed by atoms with van der Waals surface area (Å²) in [5, 5.41) is 20.6. The van der Waals surface area contributed by atoms with Crippen molar-refractivity contribution < 1.29 is 36.6 Å². The second kappa shape index (κ2) is 10.4. The van der Waals surface area contributed by atoms with Crippen LogP contribution < -0.4 is 0 Å². The number of alkyl halides is 6. The highest BCUT2D eigenvalue weighted by molar-refractivity contribution is 5.88. The lowest BCUT2D eigenvalue weighted by Crippen LogP contribution is -2.07. The monoisotopic (exact) mass is 508 g/mol. The summed E-state index contributed by atoms with van der Waals surface area (Å²) in [5.74, 6) is -0.620. The van der Waals surface area contributed by atoms with Gasteiger partial charge in [0.25, 0.3) is 0 Å². The van der Waals surface area contributed by atoms with Crippen LogP contribution in [0.1, 0.15) is 47.2 Å². The molecular weight excluding hydrogens is 486 g/mol. The smallest absolute Gasteiger partial charge is 0.416 e. The normalized spacial score (nSPS) is 12.7. The SMILES string of the molecule is CCc1cc(C(F)(F)F)cc(C=Nc2cccc(N=Cc3cc(C(F)(F)F)cc(CC)c3O)c2)c1O. The molecule has 0 aliphatic carbocycles. The molecule has 0 saturated heterocycles. The van der Waals surface area contributed by atoms with Crippen molar-refractivity contribution in [3.63, 3.8) is 0 Å². The molecule has 4 nitrogen and oxygen atoms in total. The zero-order valence-corrected chi connectivity index (χ0v) is 19.2. The minimum Gasteiger partial charge on any atom is -0.507 e. The highest BCUT2D eigenvalue weighted by Gasteiger charge is 2.32. The average molecular weight is 508 g/mol. The van der Waals surface area contributed by atoms with Crippen LogP contribution in [0.5, 0.6) is 11.5 Å². The summed E-state index contributed by atoms with van der Waals surface area (Å²) >= 11 is 0. The third kappa shape index (κ3) is 6.24. The van der Waals surface area contributed by atoms with Crippen molar-refractivity contribution >= 4 is 23.8 Å². The van der Waals surface area contributed by atoms with E-state index in [0.717, 1.165) is 36.7 Å². The minimum atomic E-state index is -4.60. The van der Waals surface area contributed by atoms with E-state index in [-0.39, 0.29) is 58.0 Å². The van der Waals surface area contributed by atoms with Gasteiger partial charge in [0.05, 0.1) is 22.5 Å². The van der Waals surface area contributed by atoms with Crippen LogP contribution in [0.3, 0.4) is 0 Å². The van der Waals surface area contributed by atoms with E-state index in [9.17, 15) is 36.6 Å². The molecule has 0 aromatic heterocycles. The number of nitrogens with zero attached hydrogens (tertiary/aromatic N) is 2. The predicted octanol–water partition coefficient (Wildman–Crippen LogP) is 7.76. The number of hydrogen-bond acceptors (Lipinski definition) is 4. The van der Waals surface area contributed by atoms with Gasteiger partial charge < -0.3 is 10.2 Å². The minimum absolute atomic E-state index is 0.114. The average Bonchev–Trinajstić information content (AvgIpc) is 2.81. The number of phenols is 2. The molecule has 0 radical (unpaired) electrons. The highest BCUT2D eigenvalue weighted by atomic mass is 19.4. The Morgan fingerprint density at radius 2 is 1.06 bits per heavy atom. The summed E-state index contributed by atoms with van der Waals surface area (Å²) in [5.41, 5.74) is -1.25. The fourth-order valence-corrected chi connectivity index (χ4v) is 3.44. The summed E-state index contributed by atoms with van der Waals surface area (Å²) in [7, 11) is 0. The first-order valence-corrected chi connectivity index (χ1v) is 10.9. The second-order valence-corrected chi connectivity index (χ2v) is 7.89. The molecule has 190 valence electrons. The van der Waals surface area contributed by atoms with Gasteiger partial charge in [0.1, 0.15) is 11.5 Å². The Bertz CT molecular complexity index is 1210. The van der Waals surface area contributed by atoms with Crippen LogP contribution in [-0.2, 0) is 25.2 Å². The summed E-state index contributed by atoms with van der Waals surface area (Å²) in [4.78, 5) is 8.24. The number of aryl methyl sites for hydroxylation is 2. The summed E-state index contributed by atoms with van der Waals surface area (Å²) in [6.45, 7) is 3.23. The van der Waals surface area contributed by atoms with Gasteiger partial charge in [-0.1, -0.05) is 19.9 Å². The van der Waals surface area contributed by atoms with Crippen molar-refractivity contribution in [3.05, 3.63) is 81.9 Å². The number of benzene rings is 3. The molecule has 0 spiro atoms. The number of aromatic hydroxyl groups is 2. The van der Waals surface area contributed by atoms with Gasteiger partial charge in [-0.25, -0.2) is 0 Å². The number of aliphatic imine (C=N–C) groups is 2. The molecule has 0 amide bonds. The molecule has 0 unspecified atom stereocenters. The Hall–Kier alpha value is -3.82. The Labute approximate surface area is 203 Å². The van der Waals surface area contributed by atoms with Gasteiger partial charge in [-0.3, -0.25) is 9.98 Å². The Morgan fingerprint density at radius 1 is 0.667 bits per heavy atom. The third-order valence-electron chi connectivity index (χ3n) is 5.39. The van der Waals surface area contributed by atoms with Crippen molar-refractivity contribution in [1.29, 1.82) is 0 Å². The van der Waals surface area contributed by atoms with E-state index < -0.39 is 23.5 Å². The molecule has 36 heavy (non-hydrogen) atoms. The topological polar surface area (TPSA) is 65.2 Å². The van der Waals surface area contributed by atoms with Crippen LogP contribution in [0.25, 0.3) is 0 Å². The third-order valence-corrected chi connectivity index (χ3v) is 5.39. The number of phenolic OH excluding ortho intramolecular Hbond substituents is 2. The fraction of sp³-hybridized carbons (Fsp3) is 0.231. The lowest BCUT2D eigenvalue weighted by Gasteiger charge is -2.12. The van der Waals surface area contributed by atoms with E-state index in [1.807, 2.05) is 0 Å². The van der Waals surface area contributed by atoms with E-state index in [4.69, 9.17) is 0 Å².